The smallest absolute Gasteiger partial charge is 0.274 e. The van der Waals surface area contributed by atoms with Crippen molar-refractivity contribution in [1.29, 1.82) is 0 Å². The molecule has 2 rings (SSSR count). The van der Waals surface area contributed by atoms with Crippen LogP contribution in [0, 0.1) is 6.92 Å². The van der Waals surface area contributed by atoms with E-state index in [1.807, 2.05) is 17.9 Å². The number of hydrogen-bond acceptors (Lipinski definition) is 5. The molecule has 0 fully saturated rings. The molecule has 0 aliphatic heterocycles. The monoisotopic (exact) mass is 372 g/mol. The van der Waals surface area contributed by atoms with E-state index in [-0.39, 0.29) is 30.5 Å². The number of aryl methyl sites for hydroxylation is 1. The Hall–Kier alpha value is -2.70. The molecule has 2 amide bonds. The number of nitrogens with zero attached hydrogens (tertiary/aromatic N) is 4. The normalized spacial score (nSPS) is 10.6. The van der Waals surface area contributed by atoms with Crippen molar-refractivity contribution in [3.05, 3.63) is 47.9 Å². The molecule has 2 aromatic rings. The Kier molecular flexibility index (Phi) is 7.98. The van der Waals surface area contributed by atoms with Crippen LogP contribution < -0.4 is 0 Å². The van der Waals surface area contributed by atoms with Crippen LogP contribution in [0.25, 0.3) is 0 Å². The standard InChI is InChI=1S/C20H28N4O3/c1-4-9-23(10-5-2)19(25)8-11-24(15-17-7-6-12-27-17)20(26)18-14-21-16(3)13-22-18/h6-7,12-14H,4-5,8-11,15H2,1-3H3. The van der Waals surface area contributed by atoms with Crippen molar-refractivity contribution >= 4 is 11.8 Å². The molecule has 27 heavy (non-hydrogen) atoms. The average molecular weight is 372 g/mol. The Balaban J connectivity index is 2.08. The van der Waals surface area contributed by atoms with Gasteiger partial charge in [-0.2, -0.15) is 0 Å². The van der Waals surface area contributed by atoms with Gasteiger partial charge in [-0.1, -0.05) is 13.8 Å². The molecule has 2 aromatic heterocycles. The molecule has 0 bridgehead atoms. The summed E-state index contributed by atoms with van der Waals surface area (Å²) in [5.41, 5.74) is 1.01. The van der Waals surface area contributed by atoms with Gasteiger partial charge in [0.1, 0.15) is 11.5 Å². The molecule has 0 saturated heterocycles. The summed E-state index contributed by atoms with van der Waals surface area (Å²) in [5, 5.41) is 0. The van der Waals surface area contributed by atoms with Crippen LogP contribution in [-0.2, 0) is 11.3 Å². The number of amides is 2. The van der Waals surface area contributed by atoms with Crippen molar-refractivity contribution in [3.8, 4) is 0 Å². The number of rotatable bonds is 10. The van der Waals surface area contributed by atoms with Crippen molar-refractivity contribution in [3.63, 3.8) is 0 Å². The first-order chi connectivity index (χ1) is 13.0. The van der Waals surface area contributed by atoms with Crippen LogP contribution in [0.5, 0.6) is 0 Å². The second-order valence-corrected chi connectivity index (χ2v) is 6.48. The maximum Gasteiger partial charge on any atom is 0.274 e. The van der Waals surface area contributed by atoms with Gasteiger partial charge in [0.2, 0.25) is 5.91 Å². The number of furan rings is 1. The van der Waals surface area contributed by atoms with Crippen LogP contribution in [0.2, 0.25) is 0 Å². The van der Waals surface area contributed by atoms with Crippen LogP contribution in [-0.4, -0.2) is 51.2 Å². The highest BCUT2D eigenvalue weighted by Crippen LogP contribution is 2.11. The zero-order chi connectivity index (χ0) is 19.6. The van der Waals surface area contributed by atoms with Crippen LogP contribution in [0.15, 0.2) is 35.2 Å². The zero-order valence-corrected chi connectivity index (χ0v) is 16.4. The van der Waals surface area contributed by atoms with Crippen LogP contribution in [0.1, 0.15) is 55.1 Å². The van der Waals surface area contributed by atoms with Gasteiger partial charge in [0.05, 0.1) is 24.7 Å². The highest BCUT2D eigenvalue weighted by molar-refractivity contribution is 5.92. The number of carbonyl (C=O) groups excluding carboxylic acids is 2. The number of aromatic nitrogens is 2. The lowest BCUT2D eigenvalue weighted by Gasteiger charge is -2.25. The van der Waals surface area contributed by atoms with E-state index >= 15 is 0 Å². The van der Waals surface area contributed by atoms with E-state index in [0.717, 1.165) is 31.6 Å². The Morgan fingerprint density at radius 3 is 2.33 bits per heavy atom. The Morgan fingerprint density at radius 2 is 1.78 bits per heavy atom. The predicted octanol–water partition coefficient (Wildman–Crippen LogP) is 3.06. The molecule has 0 atom stereocenters. The highest BCUT2D eigenvalue weighted by Gasteiger charge is 2.21. The predicted molar refractivity (Wildman–Crippen MR) is 102 cm³/mol. The van der Waals surface area contributed by atoms with E-state index in [9.17, 15) is 9.59 Å². The minimum atomic E-state index is -0.260. The fourth-order valence-electron chi connectivity index (χ4n) is 2.80. The first-order valence-corrected chi connectivity index (χ1v) is 9.43. The lowest BCUT2D eigenvalue weighted by molar-refractivity contribution is -0.131. The lowest BCUT2D eigenvalue weighted by atomic mass is 10.2. The van der Waals surface area contributed by atoms with Gasteiger partial charge in [-0.05, 0) is 31.9 Å². The molecule has 0 radical (unpaired) electrons. The maximum atomic E-state index is 12.9. The first kappa shape index (κ1) is 20.6. The third-order valence-corrected chi connectivity index (χ3v) is 4.15. The SMILES string of the molecule is CCCN(CCC)C(=O)CCN(Cc1ccco1)C(=O)c1cnc(C)cn1. The van der Waals surface area contributed by atoms with Gasteiger partial charge < -0.3 is 14.2 Å². The summed E-state index contributed by atoms with van der Waals surface area (Å²) in [6, 6.07) is 3.59. The minimum Gasteiger partial charge on any atom is -0.467 e. The van der Waals surface area contributed by atoms with E-state index in [2.05, 4.69) is 23.8 Å². The molecule has 7 nitrogen and oxygen atoms in total. The summed E-state index contributed by atoms with van der Waals surface area (Å²) in [6.07, 6.45) is 6.70. The molecule has 0 aromatic carbocycles. The fourth-order valence-corrected chi connectivity index (χ4v) is 2.80. The van der Waals surface area contributed by atoms with E-state index < -0.39 is 0 Å². The van der Waals surface area contributed by atoms with Crippen molar-refractivity contribution in [2.45, 2.75) is 46.6 Å². The summed E-state index contributed by atoms with van der Waals surface area (Å²) >= 11 is 0. The largest absolute Gasteiger partial charge is 0.467 e. The molecular weight excluding hydrogens is 344 g/mol. The number of carbonyl (C=O) groups is 2. The molecule has 0 N–H and O–H groups in total. The molecule has 0 unspecified atom stereocenters. The summed E-state index contributed by atoms with van der Waals surface area (Å²) in [5.74, 6) is 0.463. The Labute approximate surface area is 160 Å². The van der Waals surface area contributed by atoms with Gasteiger partial charge in [0.25, 0.3) is 5.91 Å². The minimum absolute atomic E-state index is 0.0611. The molecule has 0 spiro atoms. The third-order valence-electron chi connectivity index (χ3n) is 4.15. The number of hydrogen-bond donors (Lipinski definition) is 0. The second kappa shape index (κ2) is 10.4. The van der Waals surface area contributed by atoms with Crippen LogP contribution in [0.4, 0.5) is 0 Å². The zero-order valence-electron chi connectivity index (χ0n) is 16.4. The molecule has 0 saturated carbocycles. The summed E-state index contributed by atoms with van der Waals surface area (Å²) in [4.78, 5) is 37.2. The van der Waals surface area contributed by atoms with Crippen LogP contribution in [0.3, 0.4) is 0 Å². The topological polar surface area (TPSA) is 79.5 Å². The van der Waals surface area contributed by atoms with Crippen molar-refractivity contribution in [1.82, 2.24) is 19.8 Å². The molecule has 146 valence electrons. The van der Waals surface area contributed by atoms with Crippen molar-refractivity contribution < 1.29 is 14.0 Å². The van der Waals surface area contributed by atoms with E-state index in [4.69, 9.17) is 4.42 Å². The van der Waals surface area contributed by atoms with Gasteiger partial charge in [0.15, 0.2) is 0 Å². The van der Waals surface area contributed by atoms with Gasteiger partial charge in [-0.15, -0.1) is 0 Å². The second-order valence-electron chi connectivity index (χ2n) is 6.48. The maximum absolute atomic E-state index is 12.9. The lowest BCUT2D eigenvalue weighted by Crippen LogP contribution is -2.38. The van der Waals surface area contributed by atoms with E-state index in [1.165, 1.54) is 6.20 Å². The van der Waals surface area contributed by atoms with E-state index in [0.29, 0.717) is 12.3 Å². The third kappa shape index (κ3) is 6.20. The summed E-state index contributed by atoms with van der Waals surface area (Å²) in [6.45, 7) is 7.99. The van der Waals surface area contributed by atoms with Crippen LogP contribution >= 0.6 is 0 Å². The Bertz CT molecular complexity index is 707. The van der Waals surface area contributed by atoms with Gasteiger partial charge >= 0.3 is 0 Å². The molecule has 0 aliphatic carbocycles. The summed E-state index contributed by atoms with van der Waals surface area (Å²) < 4.78 is 5.38. The Morgan fingerprint density at radius 1 is 1.04 bits per heavy atom. The van der Waals surface area contributed by atoms with Gasteiger partial charge in [-0.3, -0.25) is 14.6 Å². The molecular formula is C20H28N4O3. The quantitative estimate of drug-likeness (QED) is 0.640. The van der Waals surface area contributed by atoms with Gasteiger partial charge in [0, 0.05) is 32.3 Å². The van der Waals surface area contributed by atoms with E-state index in [1.54, 1.807) is 23.4 Å². The van der Waals surface area contributed by atoms with Crippen molar-refractivity contribution in [2.75, 3.05) is 19.6 Å². The molecule has 2 heterocycles. The van der Waals surface area contributed by atoms with Crippen molar-refractivity contribution in [2.24, 2.45) is 0 Å². The first-order valence-electron chi connectivity index (χ1n) is 9.43. The fraction of sp³-hybridized carbons (Fsp3) is 0.500. The molecule has 7 heteroatoms. The highest BCUT2D eigenvalue weighted by atomic mass is 16.3. The van der Waals surface area contributed by atoms with Gasteiger partial charge in [-0.25, -0.2) is 4.98 Å². The average Bonchev–Trinajstić information content (AvgIpc) is 3.18. The molecule has 0 aliphatic rings. The summed E-state index contributed by atoms with van der Waals surface area (Å²) in [7, 11) is 0.